The number of aliphatic hydroxyl groups is 1. The van der Waals surface area contributed by atoms with Gasteiger partial charge in [-0.1, -0.05) is 19.9 Å². The van der Waals surface area contributed by atoms with Gasteiger partial charge < -0.3 is 20.2 Å². The van der Waals surface area contributed by atoms with E-state index in [1.807, 2.05) is 26.0 Å². The Morgan fingerprint density at radius 3 is 2.75 bits per heavy atom. The summed E-state index contributed by atoms with van der Waals surface area (Å²) >= 11 is 0. The van der Waals surface area contributed by atoms with Gasteiger partial charge in [-0.25, -0.2) is 10.4 Å². The number of aromatic nitrogens is 1. The van der Waals surface area contributed by atoms with Crippen LogP contribution in [0.3, 0.4) is 0 Å². The van der Waals surface area contributed by atoms with Crippen molar-refractivity contribution in [3.8, 4) is 0 Å². The fraction of sp³-hybridized carbons (Fsp3) is 0.545. The third-order valence-electron chi connectivity index (χ3n) is 5.89. The number of rotatable bonds is 7. The number of nitrogens with one attached hydrogen (secondary N) is 2. The van der Waals surface area contributed by atoms with Crippen LogP contribution in [0.1, 0.15) is 32.3 Å². The molecule has 1 aromatic rings. The summed E-state index contributed by atoms with van der Waals surface area (Å²) in [5, 5.41) is 15.1. The first-order valence-electron chi connectivity index (χ1n) is 11.0. The second kappa shape index (κ2) is 8.78. The highest BCUT2D eigenvalue weighted by Crippen LogP contribution is 2.33. The van der Waals surface area contributed by atoms with E-state index in [0.717, 1.165) is 18.4 Å². The molecule has 1 saturated carbocycles. The van der Waals surface area contributed by atoms with Gasteiger partial charge in [0.2, 0.25) is 11.8 Å². The Morgan fingerprint density at radius 2 is 2.12 bits per heavy atom. The van der Waals surface area contributed by atoms with Crippen LogP contribution in [-0.4, -0.2) is 75.0 Å². The Hall–Kier alpha value is -3.14. The van der Waals surface area contributed by atoms with E-state index in [9.17, 15) is 19.5 Å². The van der Waals surface area contributed by atoms with Crippen LogP contribution in [0.2, 0.25) is 0 Å². The molecule has 3 amide bonds. The lowest BCUT2D eigenvalue weighted by atomic mass is 10.00. The molecule has 0 spiro atoms. The average Bonchev–Trinajstić information content (AvgIpc) is 3.45. The Kier molecular flexibility index (Phi) is 6.05. The Bertz CT molecular complexity index is 930. The molecule has 0 bridgehead atoms. The van der Waals surface area contributed by atoms with Gasteiger partial charge >= 0.3 is 0 Å². The van der Waals surface area contributed by atoms with Crippen molar-refractivity contribution in [3.05, 3.63) is 41.5 Å². The molecular formula is C22H30N6O4. The number of hydrazine groups is 1. The summed E-state index contributed by atoms with van der Waals surface area (Å²) in [6.07, 6.45) is 4.40. The lowest BCUT2D eigenvalue weighted by molar-refractivity contribution is -0.146. The molecule has 2 unspecified atom stereocenters. The molecule has 0 radical (unpaired) electrons. The smallest absolute Gasteiger partial charge is 0.280 e. The van der Waals surface area contributed by atoms with Crippen molar-refractivity contribution in [2.45, 2.75) is 45.4 Å². The van der Waals surface area contributed by atoms with Crippen molar-refractivity contribution in [1.29, 1.82) is 0 Å². The molecule has 172 valence electrons. The topological polar surface area (TPSA) is 118 Å². The van der Waals surface area contributed by atoms with Gasteiger partial charge in [-0.2, -0.15) is 0 Å². The molecule has 3 aliphatic rings. The molecule has 3 heterocycles. The van der Waals surface area contributed by atoms with Gasteiger partial charge in [0.05, 0.1) is 5.92 Å². The monoisotopic (exact) mass is 442 g/mol. The Labute approximate surface area is 187 Å². The minimum Gasteiger partial charge on any atom is -0.494 e. The van der Waals surface area contributed by atoms with Crippen LogP contribution in [-0.2, 0) is 20.9 Å². The molecule has 1 saturated heterocycles. The first kappa shape index (κ1) is 22.1. The Morgan fingerprint density at radius 1 is 1.38 bits per heavy atom. The van der Waals surface area contributed by atoms with Gasteiger partial charge in [-0.05, 0) is 30.4 Å². The van der Waals surface area contributed by atoms with Gasteiger partial charge in [0, 0.05) is 45.1 Å². The molecule has 2 aliphatic heterocycles. The first-order valence-corrected chi connectivity index (χ1v) is 11.0. The van der Waals surface area contributed by atoms with Gasteiger partial charge in [0.25, 0.3) is 11.8 Å². The molecule has 1 aliphatic carbocycles. The highest BCUT2D eigenvalue weighted by atomic mass is 16.3. The maximum atomic E-state index is 13.3. The van der Waals surface area contributed by atoms with Gasteiger partial charge in [-0.3, -0.25) is 19.4 Å². The van der Waals surface area contributed by atoms with Crippen molar-refractivity contribution in [2.75, 3.05) is 20.1 Å². The minimum atomic E-state index is -0.716. The summed E-state index contributed by atoms with van der Waals surface area (Å²) in [5.41, 5.74) is 3.61. The fourth-order valence-corrected chi connectivity index (χ4v) is 4.22. The lowest BCUT2D eigenvalue weighted by Crippen LogP contribution is -2.60. The maximum absolute atomic E-state index is 13.3. The molecule has 10 heteroatoms. The molecule has 4 rings (SSSR count). The highest BCUT2D eigenvalue weighted by molar-refractivity contribution is 6.19. The lowest BCUT2D eigenvalue weighted by Gasteiger charge is -2.42. The minimum absolute atomic E-state index is 0.0499. The van der Waals surface area contributed by atoms with E-state index < -0.39 is 23.9 Å². The number of amides is 3. The van der Waals surface area contributed by atoms with Crippen LogP contribution in [0.25, 0.3) is 0 Å². The molecule has 32 heavy (non-hydrogen) atoms. The predicted octanol–water partition coefficient (Wildman–Crippen LogP) is 0.349. The first-order chi connectivity index (χ1) is 15.3. The van der Waals surface area contributed by atoms with Gasteiger partial charge in [-0.15, -0.1) is 0 Å². The third kappa shape index (κ3) is 4.27. The SMILES string of the molecule is CC(C)CN1C(O)=C(C(=O)NC2CC2)C(=O)N2NCC(C(=O)N(C)Cc3cccnc3)C12. The maximum Gasteiger partial charge on any atom is 0.280 e. The van der Waals surface area contributed by atoms with Crippen molar-refractivity contribution in [3.63, 3.8) is 0 Å². The average molecular weight is 443 g/mol. The van der Waals surface area contributed by atoms with Crippen LogP contribution in [0.15, 0.2) is 36.0 Å². The molecule has 2 atom stereocenters. The second-order valence-corrected chi connectivity index (χ2v) is 9.11. The van der Waals surface area contributed by atoms with E-state index in [-0.39, 0.29) is 35.9 Å². The summed E-state index contributed by atoms with van der Waals surface area (Å²) in [7, 11) is 1.71. The van der Waals surface area contributed by atoms with Gasteiger partial charge in [0.1, 0.15) is 6.17 Å². The predicted molar refractivity (Wildman–Crippen MR) is 115 cm³/mol. The zero-order valence-electron chi connectivity index (χ0n) is 18.6. The standard InChI is InChI=1S/C22H30N6O4/c1-13(2)11-27-19-16(20(30)26(3)12-14-5-4-8-23-9-14)10-24-28(19)22(32)17(21(27)31)18(29)25-15-6-7-15/h4-5,8-9,13,15-16,19,24,31H,6-7,10-12H2,1-3H3,(H,25,29). The number of fused-ring (bicyclic) bond motifs is 1. The largest absolute Gasteiger partial charge is 0.494 e. The third-order valence-corrected chi connectivity index (χ3v) is 5.89. The van der Waals surface area contributed by atoms with Gasteiger partial charge in [0.15, 0.2) is 5.57 Å². The van der Waals surface area contributed by atoms with E-state index in [2.05, 4.69) is 15.7 Å². The normalized spacial score (nSPS) is 22.9. The van der Waals surface area contributed by atoms with Crippen molar-refractivity contribution in [2.24, 2.45) is 11.8 Å². The van der Waals surface area contributed by atoms with E-state index in [4.69, 9.17) is 0 Å². The van der Waals surface area contributed by atoms with Crippen molar-refractivity contribution < 1.29 is 19.5 Å². The summed E-state index contributed by atoms with van der Waals surface area (Å²) in [6, 6.07) is 3.76. The molecule has 1 aromatic heterocycles. The highest BCUT2D eigenvalue weighted by Gasteiger charge is 2.52. The number of carbonyl (C=O) groups is 3. The van der Waals surface area contributed by atoms with Crippen LogP contribution in [0, 0.1) is 11.8 Å². The van der Waals surface area contributed by atoms with E-state index in [0.29, 0.717) is 13.1 Å². The quantitative estimate of drug-likeness (QED) is 0.522. The molecule has 10 nitrogen and oxygen atoms in total. The summed E-state index contributed by atoms with van der Waals surface area (Å²) in [6.45, 7) is 4.95. The van der Waals surface area contributed by atoms with Crippen LogP contribution in [0.4, 0.5) is 0 Å². The summed E-state index contributed by atoms with van der Waals surface area (Å²) < 4.78 is 0. The number of hydrogen-bond donors (Lipinski definition) is 3. The number of hydrogen-bond acceptors (Lipinski definition) is 7. The van der Waals surface area contributed by atoms with E-state index in [1.54, 1.807) is 29.2 Å². The number of pyridine rings is 1. The summed E-state index contributed by atoms with van der Waals surface area (Å²) in [5.74, 6) is -2.18. The summed E-state index contributed by atoms with van der Waals surface area (Å²) in [4.78, 5) is 46.5. The number of aliphatic hydroxyl groups excluding tert-OH is 1. The van der Waals surface area contributed by atoms with Crippen LogP contribution < -0.4 is 10.7 Å². The van der Waals surface area contributed by atoms with E-state index >= 15 is 0 Å². The second-order valence-electron chi connectivity index (χ2n) is 9.11. The molecule has 2 fully saturated rings. The number of carbonyl (C=O) groups excluding carboxylic acids is 3. The molecule has 3 N–H and O–H groups in total. The van der Waals surface area contributed by atoms with E-state index in [1.165, 1.54) is 5.01 Å². The zero-order valence-corrected chi connectivity index (χ0v) is 18.6. The number of nitrogens with zero attached hydrogens (tertiary/aromatic N) is 4. The van der Waals surface area contributed by atoms with Crippen LogP contribution in [0.5, 0.6) is 0 Å². The van der Waals surface area contributed by atoms with Crippen LogP contribution >= 0.6 is 0 Å². The Balaban J connectivity index is 1.60. The molecular weight excluding hydrogens is 412 g/mol. The van der Waals surface area contributed by atoms with Crippen molar-refractivity contribution >= 4 is 17.7 Å². The zero-order chi connectivity index (χ0) is 23.0. The fourth-order valence-electron chi connectivity index (χ4n) is 4.22. The molecule has 0 aromatic carbocycles. The van der Waals surface area contributed by atoms with Crippen molar-refractivity contribution in [1.82, 2.24) is 30.5 Å².